The number of hydrogen-bond donors (Lipinski definition) is 0. The number of benzene rings is 1. The molecule has 0 aliphatic rings. The second-order valence-electron chi connectivity index (χ2n) is 4.33. The monoisotopic (exact) mass is 275 g/mol. The Labute approximate surface area is 111 Å². The van der Waals surface area contributed by atoms with Crippen molar-refractivity contribution in [1.29, 1.82) is 0 Å². The van der Waals surface area contributed by atoms with Crippen LogP contribution in [0.15, 0.2) is 18.2 Å². The quantitative estimate of drug-likeness (QED) is 0.453. The van der Waals surface area contributed by atoms with Crippen LogP contribution in [0.25, 0.3) is 0 Å². The van der Waals surface area contributed by atoms with Crippen LogP contribution in [0.4, 0.5) is 5.69 Å². The highest BCUT2D eigenvalue weighted by Crippen LogP contribution is 2.25. The minimum atomic E-state index is -0.450. The van der Waals surface area contributed by atoms with E-state index >= 15 is 0 Å². The molecule has 0 saturated heterocycles. The number of alkyl halides is 1. The Balaban J connectivity index is 2.70. The summed E-state index contributed by atoms with van der Waals surface area (Å²) in [5, 5.41) is 11.1. The van der Waals surface area contributed by atoms with E-state index in [-0.39, 0.29) is 11.1 Å². The van der Waals surface area contributed by atoms with Crippen molar-refractivity contribution in [1.82, 2.24) is 0 Å². The van der Waals surface area contributed by atoms with E-state index in [1.807, 2.05) is 0 Å². The van der Waals surface area contributed by atoms with E-state index in [2.05, 4.69) is 13.8 Å². The van der Waals surface area contributed by atoms with Gasteiger partial charge < -0.3 is 0 Å². The highest BCUT2D eigenvalue weighted by atomic mass is 35.5. The van der Waals surface area contributed by atoms with Crippen molar-refractivity contribution in [3.63, 3.8) is 0 Å². The Hall–Kier alpha value is -0.800. The molecule has 0 saturated carbocycles. The van der Waals surface area contributed by atoms with Crippen molar-refractivity contribution < 1.29 is 4.92 Å². The SMILES string of the molecule is CC(C)C(Cl)CCc1ccc([N+](=O)[O-])cc1Cl. The van der Waals surface area contributed by atoms with Crippen LogP contribution in [0.3, 0.4) is 0 Å². The lowest BCUT2D eigenvalue weighted by Crippen LogP contribution is -2.08. The van der Waals surface area contributed by atoms with E-state index in [1.165, 1.54) is 12.1 Å². The molecule has 17 heavy (non-hydrogen) atoms. The summed E-state index contributed by atoms with van der Waals surface area (Å²) in [5.74, 6) is 0.411. The molecule has 1 aromatic carbocycles. The van der Waals surface area contributed by atoms with Crippen molar-refractivity contribution in [3.05, 3.63) is 38.9 Å². The predicted molar refractivity (Wildman–Crippen MR) is 70.9 cm³/mol. The van der Waals surface area contributed by atoms with Gasteiger partial charge in [0.15, 0.2) is 0 Å². The van der Waals surface area contributed by atoms with Gasteiger partial charge in [-0.3, -0.25) is 10.1 Å². The molecule has 0 bridgehead atoms. The molecule has 3 nitrogen and oxygen atoms in total. The maximum absolute atomic E-state index is 10.5. The highest BCUT2D eigenvalue weighted by Gasteiger charge is 2.13. The third-order valence-corrected chi connectivity index (χ3v) is 3.73. The lowest BCUT2D eigenvalue weighted by molar-refractivity contribution is -0.384. The van der Waals surface area contributed by atoms with E-state index in [0.717, 1.165) is 18.4 Å². The smallest absolute Gasteiger partial charge is 0.258 e. The van der Waals surface area contributed by atoms with E-state index < -0.39 is 4.92 Å². The number of nitro benzene ring substituents is 1. The average molecular weight is 276 g/mol. The number of nitro groups is 1. The molecule has 0 aliphatic carbocycles. The molecule has 0 aliphatic heterocycles. The molecular weight excluding hydrogens is 261 g/mol. The zero-order chi connectivity index (χ0) is 13.0. The molecule has 0 N–H and O–H groups in total. The highest BCUT2D eigenvalue weighted by molar-refractivity contribution is 6.31. The molecule has 1 rings (SSSR count). The minimum Gasteiger partial charge on any atom is -0.258 e. The average Bonchev–Trinajstić information content (AvgIpc) is 2.26. The summed E-state index contributed by atoms with van der Waals surface area (Å²) >= 11 is 12.1. The van der Waals surface area contributed by atoms with Gasteiger partial charge in [0.1, 0.15) is 0 Å². The molecule has 1 atom stereocenters. The van der Waals surface area contributed by atoms with E-state index in [1.54, 1.807) is 6.07 Å². The first-order valence-electron chi connectivity index (χ1n) is 5.48. The van der Waals surface area contributed by atoms with Gasteiger partial charge in [0.25, 0.3) is 5.69 Å². The summed E-state index contributed by atoms with van der Waals surface area (Å²) < 4.78 is 0. The Bertz CT molecular complexity index is 407. The molecule has 0 spiro atoms. The fourth-order valence-corrected chi connectivity index (χ4v) is 1.86. The van der Waals surface area contributed by atoms with Crippen LogP contribution >= 0.6 is 23.2 Å². The second-order valence-corrected chi connectivity index (χ2v) is 5.30. The molecule has 0 radical (unpaired) electrons. The van der Waals surface area contributed by atoms with Gasteiger partial charge in [-0.1, -0.05) is 31.5 Å². The zero-order valence-electron chi connectivity index (χ0n) is 9.82. The Morgan fingerprint density at radius 2 is 2.06 bits per heavy atom. The maximum atomic E-state index is 10.5. The van der Waals surface area contributed by atoms with Gasteiger partial charge >= 0.3 is 0 Å². The van der Waals surface area contributed by atoms with Crippen LogP contribution in [0.2, 0.25) is 5.02 Å². The Kier molecular flexibility index (Phi) is 5.22. The van der Waals surface area contributed by atoms with E-state index in [9.17, 15) is 10.1 Å². The van der Waals surface area contributed by atoms with Crippen molar-refractivity contribution in [2.45, 2.75) is 32.1 Å². The molecular formula is C12H15Cl2NO2. The first-order chi connectivity index (χ1) is 7.91. The lowest BCUT2D eigenvalue weighted by atomic mass is 10.0. The largest absolute Gasteiger partial charge is 0.270 e. The van der Waals surface area contributed by atoms with Gasteiger partial charge in [-0.25, -0.2) is 0 Å². The number of aryl methyl sites for hydroxylation is 1. The summed E-state index contributed by atoms with van der Waals surface area (Å²) in [7, 11) is 0. The molecule has 1 aromatic rings. The van der Waals surface area contributed by atoms with Gasteiger partial charge in [-0.05, 0) is 24.3 Å². The molecule has 0 aromatic heterocycles. The first kappa shape index (κ1) is 14.3. The Morgan fingerprint density at radius 3 is 2.53 bits per heavy atom. The topological polar surface area (TPSA) is 43.1 Å². The second kappa shape index (κ2) is 6.22. The fraction of sp³-hybridized carbons (Fsp3) is 0.500. The third-order valence-electron chi connectivity index (χ3n) is 2.66. The van der Waals surface area contributed by atoms with Crippen molar-refractivity contribution in [3.8, 4) is 0 Å². The van der Waals surface area contributed by atoms with Crippen molar-refractivity contribution in [2.24, 2.45) is 5.92 Å². The number of hydrogen-bond acceptors (Lipinski definition) is 2. The van der Waals surface area contributed by atoms with Crippen LogP contribution in [0, 0.1) is 16.0 Å². The summed E-state index contributed by atoms with van der Waals surface area (Å²) in [5.41, 5.74) is 0.925. The first-order valence-corrected chi connectivity index (χ1v) is 6.30. The van der Waals surface area contributed by atoms with Crippen LogP contribution in [0.5, 0.6) is 0 Å². The minimum absolute atomic E-state index is 0.0185. The summed E-state index contributed by atoms with van der Waals surface area (Å²) in [6, 6.07) is 4.56. The van der Waals surface area contributed by atoms with Crippen molar-refractivity contribution in [2.75, 3.05) is 0 Å². The molecule has 5 heteroatoms. The molecule has 0 amide bonds. The number of rotatable bonds is 5. The fourth-order valence-electron chi connectivity index (χ4n) is 1.48. The molecule has 0 fully saturated rings. The summed E-state index contributed by atoms with van der Waals surface area (Å²) in [4.78, 5) is 10.1. The molecule has 0 heterocycles. The molecule has 1 unspecified atom stereocenters. The van der Waals surface area contributed by atoms with Crippen LogP contribution in [0.1, 0.15) is 25.8 Å². The normalized spacial score (nSPS) is 12.8. The van der Waals surface area contributed by atoms with Crippen molar-refractivity contribution >= 4 is 28.9 Å². The van der Waals surface area contributed by atoms with Crippen LogP contribution < -0.4 is 0 Å². The predicted octanol–water partition coefficient (Wildman–Crippen LogP) is 4.44. The number of non-ortho nitro benzene ring substituents is 1. The van der Waals surface area contributed by atoms with Gasteiger partial charge in [0.2, 0.25) is 0 Å². The van der Waals surface area contributed by atoms with Gasteiger partial charge in [0, 0.05) is 17.5 Å². The van der Waals surface area contributed by atoms with Crippen LogP contribution in [-0.4, -0.2) is 10.3 Å². The summed E-state index contributed by atoms with van der Waals surface area (Å²) in [6.45, 7) is 4.13. The van der Waals surface area contributed by atoms with Gasteiger partial charge in [-0.15, -0.1) is 11.6 Å². The molecule has 94 valence electrons. The standard InChI is InChI=1S/C12H15Cl2NO2/c1-8(2)11(13)6-4-9-3-5-10(15(16)17)7-12(9)14/h3,5,7-8,11H,4,6H2,1-2H3. The van der Waals surface area contributed by atoms with Gasteiger partial charge in [-0.2, -0.15) is 0 Å². The number of nitrogens with zero attached hydrogens (tertiary/aromatic N) is 1. The van der Waals surface area contributed by atoms with Crippen LogP contribution in [-0.2, 0) is 6.42 Å². The summed E-state index contributed by atoms with van der Waals surface area (Å²) in [6.07, 6.45) is 1.56. The third kappa shape index (κ3) is 4.17. The Morgan fingerprint density at radius 1 is 1.41 bits per heavy atom. The maximum Gasteiger partial charge on any atom is 0.270 e. The zero-order valence-corrected chi connectivity index (χ0v) is 11.3. The van der Waals surface area contributed by atoms with E-state index in [4.69, 9.17) is 23.2 Å². The van der Waals surface area contributed by atoms with Gasteiger partial charge in [0.05, 0.1) is 9.95 Å². The van der Waals surface area contributed by atoms with E-state index in [0.29, 0.717) is 10.9 Å². The number of halogens is 2. The lowest BCUT2D eigenvalue weighted by Gasteiger charge is -2.13.